The molecule has 0 aromatic heterocycles. The molecular weight excluding hydrogens is 196 g/mol. The second-order valence-electron chi connectivity index (χ2n) is 4.32. The van der Waals surface area contributed by atoms with Crippen LogP contribution in [-0.2, 0) is 0 Å². The summed E-state index contributed by atoms with van der Waals surface area (Å²) in [4.78, 5) is 12.0. The van der Waals surface area contributed by atoms with Crippen LogP contribution in [-0.4, -0.2) is 5.78 Å². The van der Waals surface area contributed by atoms with E-state index in [2.05, 4.69) is 26.0 Å². The Kier molecular flexibility index (Phi) is 3.04. The standard InChI is InChI=1S/C15H16O/c1-11-8-9-14(12(11)2)10-15(16)13-6-4-3-5-7-13/h3-9,14H,10H2,1-2H3. The molecule has 1 atom stereocenters. The minimum atomic E-state index is 0.226. The minimum absolute atomic E-state index is 0.226. The van der Waals surface area contributed by atoms with E-state index in [0.29, 0.717) is 12.3 Å². The lowest BCUT2D eigenvalue weighted by Crippen LogP contribution is -2.06. The van der Waals surface area contributed by atoms with Crippen LogP contribution in [0.1, 0.15) is 30.6 Å². The number of benzene rings is 1. The van der Waals surface area contributed by atoms with Crippen molar-refractivity contribution in [2.75, 3.05) is 0 Å². The van der Waals surface area contributed by atoms with E-state index in [1.807, 2.05) is 30.3 Å². The second kappa shape index (κ2) is 4.48. The number of ketones is 1. The molecule has 16 heavy (non-hydrogen) atoms. The molecule has 0 amide bonds. The molecule has 0 heterocycles. The van der Waals surface area contributed by atoms with Gasteiger partial charge in [0.05, 0.1) is 0 Å². The molecule has 82 valence electrons. The zero-order chi connectivity index (χ0) is 11.5. The van der Waals surface area contributed by atoms with Crippen molar-refractivity contribution in [3.8, 4) is 0 Å². The van der Waals surface area contributed by atoms with E-state index in [1.165, 1.54) is 11.1 Å². The molecule has 0 aliphatic heterocycles. The fourth-order valence-corrected chi connectivity index (χ4v) is 1.99. The Morgan fingerprint density at radius 1 is 1.19 bits per heavy atom. The molecule has 0 spiro atoms. The molecule has 0 saturated heterocycles. The fourth-order valence-electron chi connectivity index (χ4n) is 1.99. The molecule has 0 saturated carbocycles. The smallest absolute Gasteiger partial charge is 0.163 e. The van der Waals surface area contributed by atoms with Crippen LogP contribution in [0.25, 0.3) is 0 Å². The fraction of sp³-hybridized carbons (Fsp3) is 0.267. The first-order valence-corrected chi connectivity index (χ1v) is 5.62. The van der Waals surface area contributed by atoms with Crippen LogP contribution >= 0.6 is 0 Å². The third-order valence-corrected chi connectivity index (χ3v) is 3.26. The van der Waals surface area contributed by atoms with E-state index in [9.17, 15) is 4.79 Å². The van der Waals surface area contributed by atoms with Gasteiger partial charge in [0.1, 0.15) is 0 Å². The number of carbonyl (C=O) groups is 1. The van der Waals surface area contributed by atoms with Crippen LogP contribution in [0.2, 0.25) is 0 Å². The van der Waals surface area contributed by atoms with Crippen molar-refractivity contribution in [2.24, 2.45) is 5.92 Å². The van der Waals surface area contributed by atoms with Gasteiger partial charge in [0, 0.05) is 17.9 Å². The summed E-state index contributed by atoms with van der Waals surface area (Å²) in [6, 6.07) is 9.51. The van der Waals surface area contributed by atoms with Crippen LogP contribution in [0.3, 0.4) is 0 Å². The quantitative estimate of drug-likeness (QED) is 0.697. The maximum Gasteiger partial charge on any atom is 0.163 e. The highest BCUT2D eigenvalue weighted by molar-refractivity contribution is 5.96. The van der Waals surface area contributed by atoms with Gasteiger partial charge in [-0.1, -0.05) is 53.6 Å². The summed E-state index contributed by atoms with van der Waals surface area (Å²) in [6.45, 7) is 4.21. The summed E-state index contributed by atoms with van der Waals surface area (Å²) >= 11 is 0. The van der Waals surface area contributed by atoms with Crippen LogP contribution < -0.4 is 0 Å². The van der Waals surface area contributed by atoms with Crippen LogP contribution in [0.4, 0.5) is 0 Å². The van der Waals surface area contributed by atoms with Gasteiger partial charge in [-0.3, -0.25) is 4.79 Å². The Bertz CT molecular complexity index is 452. The van der Waals surface area contributed by atoms with Gasteiger partial charge in [0.2, 0.25) is 0 Å². The molecule has 1 aliphatic carbocycles. The van der Waals surface area contributed by atoms with Crippen molar-refractivity contribution >= 4 is 5.78 Å². The van der Waals surface area contributed by atoms with Crippen molar-refractivity contribution in [1.29, 1.82) is 0 Å². The highest BCUT2D eigenvalue weighted by atomic mass is 16.1. The van der Waals surface area contributed by atoms with E-state index in [0.717, 1.165) is 5.56 Å². The summed E-state index contributed by atoms with van der Waals surface area (Å²) in [5, 5.41) is 0. The number of hydrogen-bond donors (Lipinski definition) is 0. The molecule has 1 aromatic rings. The topological polar surface area (TPSA) is 17.1 Å². The second-order valence-corrected chi connectivity index (χ2v) is 4.32. The first-order chi connectivity index (χ1) is 7.68. The molecule has 1 aliphatic rings. The average Bonchev–Trinajstić information content (AvgIpc) is 2.62. The van der Waals surface area contributed by atoms with Gasteiger partial charge in [0.15, 0.2) is 5.78 Å². The number of hydrogen-bond acceptors (Lipinski definition) is 1. The first kappa shape index (κ1) is 10.9. The number of carbonyl (C=O) groups excluding carboxylic acids is 1. The van der Waals surface area contributed by atoms with Crippen molar-refractivity contribution in [1.82, 2.24) is 0 Å². The summed E-state index contributed by atoms with van der Waals surface area (Å²) < 4.78 is 0. The highest BCUT2D eigenvalue weighted by Crippen LogP contribution is 2.28. The Balaban J connectivity index is 2.08. The van der Waals surface area contributed by atoms with Crippen molar-refractivity contribution < 1.29 is 4.79 Å². The van der Waals surface area contributed by atoms with E-state index < -0.39 is 0 Å². The monoisotopic (exact) mass is 212 g/mol. The van der Waals surface area contributed by atoms with Gasteiger partial charge in [-0.25, -0.2) is 0 Å². The maximum atomic E-state index is 12.0. The normalized spacial score (nSPS) is 19.2. The lowest BCUT2D eigenvalue weighted by atomic mass is 9.94. The summed E-state index contributed by atoms with van der Waals surface area (Å²) in [5.41, 5.74) is 3.43. The van der Waals surface area contributed by atoms with Gasteiger partial charge in [-0.05, 0) is 13.8 Å². The van der Waals surface area contributed by atoms with Crippen LogP contribution in [0.15, 0.2) is 53.6 Å². The molecule has 0 N–H and O–H groups in total. The highest BCUT2D eigenvalue weighted by Gasteiger charge is 2.18. The number of allylic oxidation sites excluding steroid dienone is 4. The van der Waals surface area contributed by atoms with E-state index >= 15 is 0 Å². The minimum Gasteiger partial charge on any atom is -0.294 e. The lowest BCUT2D eigenvalue weighted by Gasteiger charge is -2.09. The van der Waals surface area contributed by atoms with Gasteiger partial charge in [0.25, 0.3) is 0 Å². The molecule has 0 fully saturated rings. The van der Waals surface area contributed by atoms with Crippen molar-refractivity contribution in [3.63, 3.8) is 0 Å². The molecule has 0 bridgehead atoms. The lowest BCUT2D eigenvalue weighted by molar-refractivity contribution is 0.0974. The van der Waals surface area contributed by atoms with Gasteiger partial charge in [-0.15, -0.1) is 0 Å². The maximum absolute atomic E-state index is 12.0. The van der Waals surface area contributed by atoms with Gasteiger partial charge < -0.3 is 0 Å². The Hall–Kier alpha value is -1.63. The summed E-state index contributed by atoms with van der Waals surface area (Å²) in [6.07, 6.45) is 4.83. The Morgan fingerprint density at radius 2 is 1.88 bits per heavy atom. The zero-order valence-corrected chi connectivity index (χ0v) is 9.73. The molecular formula is C15H16O. The molecule has 1 heteroatoms. The molecule has 2 rings (SSSR count). The van der Waals surface area contributed by atoms with Crippen LogP contribution in [0, 0.1) is 5.92 Å². The summed E-state index contributed by atoms with van der Waals surface area (Å²) in [7, 11) is 0. The number of Topliss-reactive ketones (excluding diaryl/α,β-unsaturated/α-hetero) is 1. The van der Waals surface area contributed by atoms with E-state index in [4.69, 9.17) is 0 Å². The van der Waals surface area contributed by atoms with Crippen molar-refractivity contribution in [2.45, 2.75) is 20.3 Å². The van der Waals surface area contributed by atoms with E-state index in [-0.39, 0.29) is 5.78 Å². The summed E-state index contributed by atoms with van der Waals surface area (Å²) in [5.74, 6) is 0.525. The molecule has 1 nitrogen and oxygen atoms in total. The first-order valence-electron chi connectivity index (χ1n) is 5.62. The SMILES string of the molecule is CC1=C(C)C(CC(=O)c2ccccc2)C=C1. The van der Waals surface area contributed by atoms with E-state index in [1.54, 1.807) is 0 Å². The predicted molar refractivity (Wildman–Crippen MR) is 66.4 cm³/mol. The molecule has 1 unspecified atom stereocenters. The third kappa shape index (κ3) is 2.13. The van der Waals surface area contributed by atoms with Gasteiger partial charge >= 0.3 is 0 Å². The third-order valence-electron chi connectivity index (χ3n) is 3.26. The predicted octanol–water partition coefficient (Wildman–Crippen LogP) is 3.78. The Labute approximate surface area is 96.5 Å². The zero-order valence-electron chi connectivity index (χ0n) is 9.73. The largest absolute Gasteiger partial charge is 0.294 e. The number of rotatable bonds is 3. The Morgan fingerprint density at radius 3 is 2.44 bits per heavy atom. The molecule has 1 aromatic carbocycles. The molecule has 0 radical (unpaired) electrons. The van der Waals surface area contributed by atoms with Gasteiger partial charge in [-0.2, -0.15) is 0 Å². The van der Waals surface area contributed by atoms with Crippen molar-refractivity contribution in [3.05, 3.63) is 59.2 Å². The van der Waals surface area contributed by atoms with Crippen LogP contribution in [0.5, 0.6) is 0 Å². The average molecular weight is 212 g/mol.